The molecule has 140 valence electrons. The SMILES string of the molecule is Cc1cc(Cl)ccc1OC(C)C(=O)NCc1ccc(Cn2cccn2)cc1. The lowest BCUT2D eigenvalue weighted by atomic mass is 10.1. The minimum Gasteiger partial charge on any atom is -0.481 e. The summed E-state index contributed by atoms with van der Waals surface area (Å²) in [6.45, 7) is 4.81. The van der Waals surface area contributed by atoms with Crippen LogP contribution >= 0.6 is 11.6 Å². The van der Waals surface area contributed by atoms with Crippen LogP contribution < -0.4 is 10.1 Å². The molecule has 27 heavy (non-hydrogen) atoms. The largest absolute Gasteiger partial charge is 0.481 e. The molecule has 6 heteroatoms. The quantitative estimate of drug-likeness (QED) is 0.671. The van der Waals surface area contributed by atoms with E-state index in [1.54, 1.807) is 25.3 Å². The minimum atomic E-state index is -0.594. The molecule has 2 aromatic carbocycles. The van der Waals surface area contributed by atoms with Crippen molar-refractivity contribution in [2.75, 3.05) is 0 Å². The molecular formula is C21H22ClN3O2. The van der Waals surface area contributed by atoms with Crippen molar-refractivity contribution >= 4 is 17.5 Å². The number of amides is 1. The van der Waals surface area contributed by atoms with Crippen molar-refractivity contribution in [2.45, 2.75) is 33.0 Å². The molecule has 1 N–H and O–H groups in total. The molecule has 1 heterocycles. The highest BCUT2D eigenvalue weighted by Gasteiger charge is 2.15. The number of ether oxygens (including phenoxy) is 1. The highest BCUT2D eigenvalue weighted by atomic mass is 35.5. The van der Waals surface area contributed by atoms with Gasteiger partial charge in [0.2, 0.25) is 0 Å². The number of aryl methyl sites for hydroxylation is 1. The van der Waals surface area contributed by atoms with Gasteiger partial charge in [-0.15, -0.1) is 0 Å². The van der Waals surface area contributed by atoms with E-state index in [0.29, 0.717) is 17.3 Å². The van der Waals surface area contributed by atoms with Gasteiger partial charge < -0.3 is 10.1 Å². The van der Waals surface area contributed by atoms with Gasteiger partial charge in [-0.2, -0.15) is 5.10 Å². The molecule has 3 rings (SSSR count). The first-order chi connectivity index (χ1) is 13.0. The van der Waals surface area contributed by atoms with E-state index in [-0.39, 0.29) is 5.91 Å². The number of carbonyl (C=O) groups is 1. The number of carbonyl (C=O) groups excluding carboxylic acids is 1. The van der Waals surface area contributed by atoms with Crippen molar-refractivity contribution < 1.29 is 9.53 Å². The van der Waals surface area contributed by atoms with Crippen LogP contribution in [0.2, 0.25) is 5.02 Å². The second-order valence-electron chi connectivity index (χ2n) is 6.41. The van der Waals surface area contributed by atoms with Crippen LogP contribution in [0, 0.1) is 6.92 Å². The maximum Gasteiger partial charge on any atom is 0.261 e. The average Bonchev–Trinajstić information content (AvgIpc) is 3.16. The van der Waals surface area contributed by atoms with Crippen LogP contribution in [0.25, 0.3) is 0 Å². The number of aromatic nitrogens is 2. The Morgan fingerprint density at radius 3 is 2.63 bits per heavy atom. The van der Waals surface area contributed by atoms with Crippen LogP contribution in [0.15, 0.2) is 60.9 Å². The smallest absolute Gasteiger partial charge is 0.261 e. The zero-order chi connectivity index (χ0) is 19.2. The molecule has 0 fully saturated rings. The number of hydrogen-bond acceptors (Lipinski definition) is 3. The first kappa shape index (κ1) is 19.0. The van der Waals surface area contributed by atoms with Gasteiger partial charge in [0.15, 0.2) is 6.10 Å². The monoisotopic (exact) mass is 383 g/mol. The Balaban J connectivity index is 1.50. The van der Waals surface area contributed by atoms with Gasteiger partial charge in [0.1, 0.15) is 5.75 Å². The second-order valence-corrected chi connectivity index (χ2v) is 6.84. The Kier molecular flexibility index (Phi) is 6.14. The lowest BCUT2D eigenvalue weighted by Gasteiger charge is -2.16. The summed E-state index contributed by atoms with van der Waals surface area (Å²) in [6, 6.07) is 15.3. The summed E-state index contributed by atoms with van der Waals surface area (Å²) in [4.78, 5) is 12.3. The van der Waals surface area contributed by atoms with Crippen molar-refractivity contribution in [3.8, 4) is 5.75 Å². The number of benzene rings is 2. The Labute approximate surface area is 163 Å². The van der Waals surface area contributed by atoms with Crippen molar-refractivity contribution in [3.05, 3.63) is 82.6 Å². The van der Waals surface area contributed by atoms with Crippen LogP contribution in [0.1, 0.15) is 23.6 Å². The van der Waals surface area contributed by atoms with Gasteiger partial charge in [0.05, 0.1) is 6.54 Å². The van der Waals surface area contributed by atoms with Crippen molar-refractivity contribution in [1.82, 2.24) is 15.1 Å². The topological polar surface area (TPSA) is 56.1 Å². The van der Waals surface area contributed by atoms with Gasteiger partial charge in [-0.1, -0.05) is 35.9 Å². The fraction of sp³-hybridized carbons (Fsp3) is 0.238. The maximum atomic E-state index is 12.3. The zero-order valence-corrected chi connectivity index (χ0v) is 16.1. The number of hydrogen-bond donors (Lipinski definition) is 1. The first-order valence-electron chi connectivity index (χ1n) is 8.77. The van der Waals surface area contributed by atoms with Crippen molar-refractivity contribution in [1.29, 1.82) is 0 Å². The molecule has 0 spiro atoms. The number of nitrogens with one attached hydrogen (secondary N) is 1. The Hall–Kier alpha value is -2.79. The zero-order valence-electron chi connectivity index (χ0n) is 15.4. The Bertz CT molecular complexity index is 892. The molecule has 1 atom stereocenters. The van der Waals surface area contributed by atoms with Crippen LogP contribution in [-0.2, 0) is 17.9 Å². The highest BCUT2D eigenvalue weighted by molar-refractivity contribution is 6.30. The predicted molar refractivity (Wildman–Crippen MR) is 106 cm³/mol. The average molecular weight is 384 g/mol. The van der Waals surface area contributed by atoms with Gasteiger partial charge in [-0.25, -0.2) is 0 Å². The van der Waals surface area contributed by atoms with Crippen molar-refractivity contribution in [2.24, 2.45) is 0 Å². The van der Waals surface area contributed by atoms with E-state index in [2.05, 4.69) is 10.4 Å². The predicted octanol–water partition coefficient (Wildman–Crippen LogP) is 3.98. The second kappa shape index (κ2) is 8.73. The molecule has 0 bridgehead atoms. The molecule has 0 saturated carbocycles. The molecule has 1 unspecified atom stereocenters. The maximum absolute atomic E-state index is 12.3. The van der Waals surface area contributed by atoms with Gasteiger partial charge in [-0.05, 0) is 54.8 Å². The van der Waals surface area contributed by atoms with E-state index in [9.17, 15) is 4.79 Å². The van der Waals surface area contributed by atoms with Crippen molar-refractivity contribution in [3.63, 3.8) is 0 Å². The molecule has 3 aromatic rings. The van der Waals surface area contributed by atoms with E-state index >= 15 is 0 Å². The summed E-state index contributed by atoms with van der Waals surface area (Å²) in [5, 5.41) is 7.75. The van der Waals surface area contributed by atoms with Crippen LogP contribution in [0.4, 0.5) is 0 Å². The minimum absolute atomic E-state index is 0.162. The Morgan fingerprint density at radius 2 is 1.96 bits per heavy atom. The summed E-state index contributed by atoms with van der Waals surface area (Å²) in [7, 11) is 0. The summed E-state index contributed by atoms with van der Waals surface area (Å²) in [5.74, 6) is 0.495. The summed E-state index contributed by atoms with van der Waals surface area (Å²) in [6.07, 6.45) is 3.10. The third kappa shape index (κ3) is 5.34. The normalized spacial score (nSPS) is 11.8. The van der Waals surface area contributed by atoms with Gasteiger partial charge in [-0.3, -0.25) is 9.48 Å². The van der Waals surface area contributed by atoms with E-state index in [0.717, 1.165) is 23.2 Å². The van der Waals surface area contributed by atoms with Gasteiger partial charge in [0.25, 0.3) is 5.91 Å². The van der Waals surface area contributed by atoms with Gasteiger partial charge in [0, 0.05) is 24.0 Å². The molecule has 0 radical (unpaired) electrons. The van der Waals surface area contributed by atoms with Gasteiger partial charge >= 0.3 is 0 Å². The van der Waals surface area contributed by atoms with Crippen LogP contribution in [0.5, 0.6) is 5.75 Å². The fourth-order valence-electron chi connectivity index (χ4n) is 2.67. The molecule has 0 aliphatic heterocycles. The highest BCUT2D eigenvalue weighted by Crippen LogP contribution is 2.22. The molecule has 0 aliphatic rings. The molecular weight excluding hydrogens is 362 g/mol. The van der Waals surface area contributed by atoms with E-state index in [1.165, 1.54) is 0 Å². The standard InChI is InChI=1S/C21H22ClN3O2/c1-15-12-19(22)8-9-20(15)27-16(2)21(26)23-13-17-4-6-18(7-5-17)14-25-11-3-10-24-25/h3-12,16H,13-14H2,1-2H3,(H,23,26). The molecule has 5 nitrogen and oxygen atoms in total. The third-order valence-corrected chi connectivity index (χ3v) is 4.44. The van der Waals surface area contributed by atoms with E-state index in [4.69, 9.17) is 16.3 Å². The Morgan fingerprint density at radius 1 is 1.22 bits per heavy atom. The van der Waals surface area contributed by atoms with E-state index < -0.39 is 6.10 Å². The molecule has 0 saturated heterocycles. The molecule has 1 amide bonds. The summed E-state index contributed by atoms with van der Waals surface area (Å²) in [5.41, 5.74) is 3.08. The third-order valence-electron chi connectivity index (χ3n) is 4.20. The van der Waals surface area contributed by atoms with Crippen LogP contribution in [0.3, 0.4) is 0 Å². The number of halogens is 1. The van der Waals surface area contributed by atoms with Crippen LogP contribution in [-0.4, -0.2) is 21.8 Å². The lowest BCUT2D eigenvalue weighted by molar-refractivity contribution is -0.127. The summed E-state index contributed by atoms with van der Waals surface area (Å²) < 4.78 is 7.62. The number of nitrogens with zero attached hydrogens (tertiary/aromatic N) is 2. The van der Waals surface area contributed by atoms with E-state index in [1.807, 2.05) is 54.2 Å². The first-order valence-corrected chi connectivity index (χ1v) is 9.15. The molecule has 1 aromatic heterocycles. The lowest BCUT2D eigenvalue weighted by Crippen LogP contribution is -2.36. The summed E-state index contributed by atoms with van der Waals surface area (Å²) >= 11 is 5.94. The number of rotatable bonds is 7. The molecule has 0 aliphatic carbocycles. The fourth-order valence-corrected chi connectivity index (χ4v) is 2.89.